The van der Waals surface area contributed by atoms with Crippen molar-refractivity contribution in [3.63, 3.8) is 0 Å². The zero-order valence-corrected chi connectivity index (χ0v) is 10.0. The molecule has 1 heterocycles. The summed E-state index contributed by atoms with van der Waals surface area (Å²) < 4.78 is 26.2. The SMILES string of the molecule is FC(F)(Br)CNc1cccc2ccsc12. The van der Waals surface area contributed by atoms with Gasteiger partial charge in [-0.3, -0.25) is 0 Å². The van der Waals surface area contributed by atoms with Crippen molar-refractivity contribution in [3.05, 3.63) is 29.6 Å². The molecule has 0 aliphatic carbocycles. The predicted molar refractivity (Wildman–Crippen MR) is 64.2 cm³/mol. The largest absolute Gasteiger partial charge is 0.377 e. The minimum absolute atomic E-state index is 0.413. The summed E-state index contributed by atoms with van der Waals surface area (Å²) in [4.78, 5) is -2.87. The molecule has 0 fully saturated rings. The molecule has 0 atom stereocenters. The van der Waals surface area contributed by atoms with E-state index in [-0.39, 0.29) is 0 Å². The van der Waals surface area contributed by atoms with E-state index in [1.807, 2.05) is 23.6 Å². The Morgan fingerprint density at radius 3 is 2.87 bits per heavy atom. The fourth-order valence-electron chi connectivity index (χ4n) is 1.33. The van der Waals surface area contributed by atoms with E-state index < -0.39 is 11.4 Å². The number of anilines is 1. The van der Waals surface area contributed by atoms with Crippen molar-refractivity contribution in [2.24, 2.45) is 0 Å². The molecule has 1 aromatic carbocycles. The molecule has 0 unspecified atom stereocenters. The quantitative estimate of drug-likeness (QED) is 0.832. The Labute approximate surface area is 98.2 Å². The normalized spacial score (nSPS) is 11.9. The van der Waals surface area contributed by atoms with Crippen LogP contribution in [0.2, 0.25) is 0 Å². The molecule has 0 aliphatic heterocycles. The number of hydrogen-bond acceptors (Lipinski definition) is 2. The summed E-state index contributed by atoms with van der Waals surface area (Å²) in [5.41, 5.74) is 0.752. The topological polar surface area (TPSA) is 12.0 Å². The van der Waals surface area contributed by atoms with Crippen LogP contribution < -0.4 is 5.32 Å². The van der Waals surface area contributed by atoms with Gasteiger partial charge in [0.05, 0.1) is 16.9 Å². The van der Waals surface area contributed by atoms with E-state index in [1.165, 1.54) is 0 Å². The van der Waals surface area contributed by atoms with Gasteiger partial charge in [-0.2, -0.15) is 8.78 Å². The highest BCUT2D eigenvalue weighted by Gasteiger charge is 2.23. The fourth-order valence-corrected chi connectivity index (χ4v) is 2.36. The highest BCUT2D eigenvalue weighted by atomic mass is 79.9. The number of alkyl halides is 3. The van der Waals surface area contributed by atoms with E-state index in [0.29, 0.717) is 0 Å². The number of thiophene rings is 1. The number of nitrogens with one attached hydrogen (secondary N) is 1. The van der Waals surface area contributed by atoms with Crippen LogP contribution in [0.3, 0.4) is 0 Å². The van der Waals surface area contributed by atoms with Gasteiger partial charge in [-0.05, 0) is 38.8 Å². The summed E-state index contributed by atoms with van der Waals surface area (Å²) in [5.74, 6) is 0. The molecule has 15 heavy (non-hydrogen) atoms. The number of rotatable bonds is 3. The van der Waals surface area contributed by atoms with Gasteiger partial charge in [0.15, 0.2) is 0 Å². The monoisotopic (exact) mass is 291 g/mol. The third kappa shape index (κ3) is 2.66. The van der Waals surface area contributed by atoms with E-state index >= 15 is 0 Å². The zero-order valence-electron chi connectivity index (χ0n) is 7.64. The average Bonchev–Trinajstić information content (AvgIpc) is 2.61. The van der Waals surface area contributed by atoms with E-state index in [1.54, 1.807) is 17.4 Å². The Balaban J connectivity index is 2.24. The van der Waals surface area contributed by atoms with Crippen LogP contribution in [0.4, 0.5) is 14.5 Å². The summed E-state index contributed by atoms with van der Waals surface area (Å²) in [5, 5.41) is 5.75. The number of benzene rings is 1. The maximum atomic E-state index is 12.6. The highest BCUT2D eigenvalue weighted by Crippen LogP contribution is 2.30. The standard InChI is InChI=1S/C10H8BrF2NS/c11-10(12,13)6-14-8-3-1-2-7-4-5-15-9(7)8/h1-5,14H,6H2. The molecule has 2 aromatic rings. The molecule has 1 N–H and O–H groups in total. The molecular formula is C10H8BrF2NS. The van der Waals surface area contributed by atoms with Gasteiger partial charge in [0.1, 0.15) is 0 Å². The molecule has 0 bridgehead atoms. The van der Waals surface area contributed by atoms with Crippen LogP contribution in [0.5, 0.6) is 0 Å². The summed E-state index contributed by atoms with van der Waals surface area (Å²) in [7, 11) is 0. The van der Waals surface area contributed by atoms with Crippen LogP contribution in [0, 0.1) is 0 Å². The van der Waals surface area contributed by atoms with Crippen molar-refractivity contribution >= 4 is 43.0 Å². The predicted octanol–water partition coefficient (Wildman–Crippen LogP) is 4.30. The third-order valence-electron chi connectivity index (χ3n) is 1.96. The molecular weight excluding hydrogens is 284 g/mol. The van der Waals surface area contributed by atoms with Gasteiger partial charge in [-0.15, -0.1) is 11.3 Å². The first-order valence-electron chi connectivity index (χ1n) is 4.33. The first-order chi connectivity index (χ1) is 7.06. The lowest BCUT2D eigenvalue weighted by atomic mass is 10.2. The van der Waals surface area contributed by atoms with Gasteiger partial charge in [-0.1, -0.05) is 12.1 Å². The van der Waals surface area contributed by atoms with Crippen molar-refractivity contribution in [2.75, 3.05) is 11.9 Å². The van der Waals surface area contributed by atoms with Crippen molar-refractivity contribution in [1.82, 2.24) is 0 Å². The number of halogens is 3. The fraction of sp³-hybridized carbons (Fsp3) is 0.200. The van der Waals surface area contributed by atoms with Crippen LogP contribution >= 0.6 is 27.3 Å². The van der Waals surface area contributed by atoms with Gasteiger partial charge < -0.3 is 5.32 Å². The van der Waals surface area contributed by atoms with Crippen LogP contribution in [-0.4, -0.2) is 11.4 Å². The summed E-state index contributed by atoms with van der Waals surface area (Å²) in [6.45, 7) is -0.413. The third-order valence-corrected chi connectivity index (χ3v) is 3.20. The Morgan fingerprint density at radius 1 is 1.33 bits per heavy atom. The molecule has 0 saturated carbocycles. The van der Waals surface area contributed by atoms with Crippen LogP contribution in [0.25, 0.3) is 10.1 Å². The number of hydrogen-bond donors (Lipinski definition) is 1. The Kier molecular flexibility index (Phi) is 2.93. The Morgan fingerprint density at radius 2 is 2.13 bits per heavy atom. The van der Waals surface area contributed by atoms with Crippen LogP contribution in [-0.2, 0) is 0 Å². The minimum Gasteiger partial charge on any atom is -0.377 e. The lowest BCUT2D eigenvalue weighted by Gasteiger charge is -2.11. The van der Waals surface area contributed by atoms with Crippen molar-refractivity contribution in [2.45, 2.75) is 4.83 Å². The number of fused-ring (bicyclic) bond motifs is 1. The summed E-state index contributed by atoms with van der Waals surface area (Å²) >= 11 is 3.84. The van der Waals surface area contributed by atoms with Gasteiger partial charge in [0, 0.05) is 0 Å². The average molecular weight is 292 g/mol. The minimum atomic E-state index is -2.87. The Hall–Kier alpha value is -0.680. The maximum Gasteiger partial charge on any atom is 0.318 e. The van der Waals surface area contributed by atoms with E-state index in [2.05, 4.69) is 21.2 Å². The first-order valence-corrected chi connectivity index (χ1v) is 6.00. The second kappa shape index (κ2) is 4.06. The molecule has 0 spiro atoms. The second-order valence-electron chi connectivity index (χ2n) is 3.11. The second-order valence-corrected chi connectivity index (χ2v) is 5.19. The molecule has 0 aliphatic rings. The van der Waals surface area contributed by atoms with Gasteiger partial charge >= 0.3 is 4.83 Å². The molecule has 1 aromatic heterocycles. The van der Waals surface area contributed by atoms with Gasteiger partial charge in [0.25, 0.3) is 0 Å². The lowest BCUT2D eigenvalue weighted by molar-refractivity contribution is 0.130. The molecule has 0 amide bonds. The van der Waals surface area contributed by atoms with E-state index in [0.717, 1.165) is 15.8 Å². The zero-order chi connectivity index (χ0) is 10.9. The molecule has 5 heteroatoms. The smallest absolute Gasteiger partial charge is 0.318 e. The molecule has 1 nitrogen and oxygen atoms in total. The van der Waals surface area contributed by atoms with E-state index in [4.69, 9.17) is 0 Å². The highest BCUT2D eigenvalue weighted by molar-refractivity contribution is 9.10. The van der Waals surface area contributed by atoms with Crippen molar-refractivity contribution in [3.8, 4) is 0 Å². The van der Waals surface area contributed by atoms with E-state index in [9.17, 15) is 8.78 Å². The van der Waals surface area contributed by atoms with Crippen LogP contribution in [0.1, 0.15) is 0 Å². The lowest BCUT2D eigenvalue weighted by Crippen LogP contribution is -2.19. The molecule has 80 valence electrons. The van der Waals surface area contributed by atoms with Crippen LogP contribution in [0.15, 0.2) is 29.6 Å². The summed E-state index contributed by atoms with van der Waals surface area (Å²) in [6.07, 6.45) is 0. The first kappa shape index (κ1) is 10.8. The molecule has 0 radical (unpaired) electrons. The summed E-state index contributed by atoms with van der Waals surface area (Å²) in [6, 6.07) is 7.59. The molecule has 0 saturated heterocycles. The molecule has 2 rings (SSSR count). The maximum absolute atomic E-state index is 12.6. The van der Waals surface area contributed by atoms with Crippen molar-refractivity contribution < 1.29 is 8.78 Å². The van der Waals surface area contributed by atoms with Gasteiger partial charge in [-0.25, -0.2) is 0 Å². The Bertz CT molecular complexity index is 464. The van der Waals surface area contributed by atoms with Gasteiger partial charge in [0.2, 0.25) is 0 Å². The van der Waals surface area contributed by atoms with Crippen molar-refractivity contribution in [1.29, 1.82) is 0 Å².